The lowest BCUT2D eigenvalue weighted by Gasteiger charge is -2.31. The Morgan fingerprint density at radius 1 is 1.21 bits per heavy atom. The van der Waals surface area contributed by atoms with Crippen molar-refractivity contribution in [1.29, 1.82) is 5.26 Å². The van der Waals surface area contributed by atoms with E-state index >= 15 is 0 Å². The van der Waals surface area contributed by atoms with Crippen LogP contribution in [0.5, 0.6) is 0 Å². The fraction of sp³-hybridized carbons (Fsp3) is 0.529. The summed E-state index contributed by atoms with van der Waals surface area (Å²) in [7, 11) is 0. The van der Waals surface area contributed by atoms with Crippen molar-refractivity contribution in [2.24, 2.45) is 11.3 Å². The number of carbonyl (C=O) groups is 3. The standard InChI is InChI=1S/C34H40N6O7/c1-18(2)25(41)29(43)36-22-15-19-6-7-20-8-9-34(17-35,21(20)14-19)27-24(38-31(47-27)26(33(3,4)5)39-28(22)42)30-37-23(16-46-30)32(44)40-10-12-45-13-11-40/h6-7,14,16,18,22,25-26,41H,8-13,15H2,1-5H3,(H,36,43)(H,39,42)/t22-,25-,26+,34+/m0/s1. The van der Waals surface area contributed by atoms with Crippen LogP contribution in [0.1, 0.15) is 85.9 Å². The van der Waals surface area contributed by atoms with Crippen molar-refractivity contribution in [1.82, 2.24) is 25.5 Å². The van der Waals surface area contributed by atoms with Gasteiger partial charge in [0.25, 0.3) is 5.91 Å². The van der Waals surface area contributed by atoms with Crippen molar-refractivity contribution in [3.05, 3.63) is 58.5 Å². The van der Waals surface area contributed by atoms with Crippen molar-refractivity contribution in [2.75, 3.05) is 26.3 Å². The van der Waals surface area contributed by atoms with Gasteiger partial charge in [0.1, 0.15) is 29.9 Å². The molecule has 3 aliphatic rings. The van der Waals surface area contributed by atoms with Gasteiger partial charge in [-0.25, -0.2) is 9.97 Å². The maximum atomic E-state index is 14.0. The van der Waals surface area contributed by atoms with E-state index in [9.17, 15) is 24.8 Å². The van der Waals surface area contributed by atoms with Gasteiger partial charge in [0.15, 0.2) is 17.1 Å². The minimum atomic E-state index is -1.30. The normalized spacial score (nSPS) is 23.4. The molecule has 248 valence electrons. The first-order valence-corrected chi connectivity index (χ1v) is 16.0. The second-order valence-electron chi connectivity index (χ2n) is 13.9. The van der Waals surface area contributed by atoms with E-state index in [1.165, 1.54) is 6.26 Å². The zero-order chi connectivity index (χ0) is 33.7. The lowest BCUT2D eigenvalue weighted by molar-refractivity contribution is -0.136. The molecule has 1 fully saturated rings. The average Bonchev–Trinajstić information content (AvgIpc) is 3.79. The number of aliphatic hydroxyl groups excluding tert-OH is 1. The highest BCUT2D eigenvalue weighted by molar-refractivity contribution is 5.92. The minimum Gasteiger partial charge on any atom is -0.442 e. The van der Waals surface area contributed by atoms with E-state index < -0.39 is 40.8 Å². The number of benzene rings is 1. The molecule has 1 saturated heterocycles. The number of aryl methyl sites for hydroxylation is 1. The van der Waals surface area contributed by atoms with Crippen LogP contribution >= 0.6 is 0 Å². The summed E-state index contributed by atoms with van der Waals surface area (Å²) in [6, 6.07) is 6.35. The molecule has 4 bridgehead atoms. The monoisotopic (exact) mass is 644 g/mol. The summed E-state index contributed by atoms with van der Waals surface area (Å²) in [6.07, 6.45) is 1.09. The highest BCUT2D eigenvalue weighted by Gasteiger charge is 2.49. The first-order chi connectivity index (χ1) is 22.3. The van der Waals surface area contributed by atoms with E-state index in [1.807, 2.05) is 39.0 Å². The van der Waals surface area contributed by atoms with E-state index in [-0.39, 0.29) is 47.2 Å². The number of morpholine rings is 1. The summed E-state index contributed by atoms with van der Waals surface area (Å²) in [5, 5.41) is 27.1. The number of ether oxygens (including phenoxy) is 1. The maximum absolute atomic E-state index is 14.0. The molecule has 3 N–H and O–H groups in total. The van der Waals surface area contributed by atoms with Gasteiger partial charge in [-0.1, -0.05) is 52.8 Å². The van der Waals surface area contributed by atoms with Crippen molar-refractivity contribution >= 4 is 17.7 Å². The molecule has 1 aliphatic carbocycles. The number of oxazole rings is 2. The van der Waals surface area contributed by atoms with Crippen molar-refractivity contribution in [2.45, 2.75) is 77.5 Å². The van der Waals surface area contributed by atoms with Gasteiger partial charge in [-0.15, -0.1) is 0 Å². The predicted octanol–water partition coefficient (Wildman–Crippen LogP) is 2.82. The van der Waals surface area contributed by atoms with Crippen LogP contribution in [-0.4, -0.2) is 76.1 Å². The summed E-state index contributed by atoms with van der Waals surface area (Å²) in [5.74, 6) is -1.42. The Bertz CT molecular complexity index is 1740. The predicted molar refractivity (Wildman–Crippen MR) is 167 cm³/mol. The van der Waals surface area contributed by atoms with Crippen LogP contribution in [0, 0.1) is 22.7 Å². The number of fused-ring (bicyclic) bond motifs is 4. The first kappa shape index (κ1) is 32.4. The third-order valence-corrected chi connectivity index (χ3v) is 9.22. The zero-order valence-corrected chi connectivity index (χ0v) is 27.3. The van der Waals surface area contributed by atoms with Crippen LogP contribution in [0.2, 0.25) is 0 Å². The lowest BCUT2D eigenvalue weighted by Crippen LogP contribution is -2.53. The van der Waals surface area contributed by atoms with Crippen LogP contribution in [0.3, 0.4) is 0 Å². The highest BCUT2D eigenvalue weighted by atomic mass is 16.5. The molecule has 0 unspecified atom stereocenters. The SMILES string of the molecule is CC(C)[C@H](O)C(=O)N[C@H]1Cc2ccc3c(c2)[C@](C#N)(CC3)c2oc(nc2-c2nc(C(=O)N3CCOCC3)co2)[C@H](C(C)(C)C)NC1=O. The van der Waals surface area contributed by atoms with Gasteiger partial charge in [0.2, 0.25) is 23.6 Å². The fourth-order valence-electron chi connectivity index (χ4n) is 6.43. The van der Waals surface area contributed by atoms with E-state index in [2.05, 4.69) is 21.7 Å². The molecule has 2 aliphatic heterocycles. The number of hydrogen-bond acceptors (Lipinski definition) is 10. The van der Waals surface area contributed by atoms with Gasteiger partial charge in [-0.05, 0) is 40.9 Å². The zero-order valence-electron chi connectivity index (χ0n) is 27.3. The number of nitriles is 1. The Labute approximate surface area is 272 Å². The molecule has 47 heavy (non-hydrogen) atoms. The molecular formula is C34H40N6O7. The highest BCUT2D eigenvalue weighted by Crippen LogP contribution is 2.49. The molecular weight excluding hydrogens is 604 g/mol. The van der Waals surface area contributed by atoms with Gasteiger partial charge >= 0.3 is 0 Å². The number of amides is 3. The third kappa shape index (κ3) is 5.92. The smallest absolute Gasteiger partial charge is 0.275 e. The Kier molecular flexibility index (Phi) is 8.44. The van der Waals surface area contributed by atoms with Crippen LogP contribution in [-0.2, 0) is 32.6 Å². The molecule has 4 atom stereocenters. The molecule has 3 amide bonds. The summed E-state index contributed by atoms with van der Waals surface area (Å²) in [4.78, 5) is 51.1. The third-order valence-electron chi connectivity index (χ3n) is 9.22. The molecule has 1 aromatic carbocycles. The molecule has 0 spiro atoms. The van der Waals surface area contributed by atoms with Crippen LogP contribution < -0.4 is 10.6 Å². The topological polar surface area (TPSA) is 184 Å². The van der Waals surface area contributed by atoms with Crippen molar-refractivity contribution < 1.29 is 33.1 Å². The Hall–Kier alpha value is -4.54. The van der Waals surface area contributed by atoms with Crippen LogP contribution in [0.25, 0.3) is 11.6 Å². The molecule has 13 heteroatoms. The first-order valence-electron chi connectivity index (χ1n) is 16.0. The number of rotatable bonds is 5. The van der Waals surface area contributed by atoms with E-state index in [0.717, 1.165) is 5.56 Å². The molecule has 13 nitrogen and oxygen atoms in total. The van der Waals surface area contributed by atoms with Gasteiger partial charge in [0.05, 0.1) is 19.3 Å². The second-order valence-corrected chi connectivity index (χ2v) is 13.9. The molecule has 0 radical (unpaired) electrons. The fourth-order valence-corrected chi connectivity index (χ4v) is 6.43. The van der Waals surface area contributed by atoms with Crippen LogP contribution in [0.4, 0.5) is 0 Å². The number of aliphatic hydroxyl groups is 1. The number of nitrogens with one attached hydrogen (secondary N) is 2. The maximum Gasteiger partial charge on any atom is 0.275 e. The van der Waals surface area contributed by atoms with Crippen molar-refractivity contribution in [3.63, 3.8) is 0 Å². The number of aromatic nitrogens is 2. The summed E-state index contributed by atoms with van der Waals surface area (Å²) in [6.45, 7) is 10.9. The summed E-state index contributed by atoms with van der Waals surface area (Å²) < 4.78 is 17.8. The van der Waals surface area contributed by atoms with E-state index in [4.69, 9.17) is 18.6 Å². The molecule has 3 aromatic rings. The Balaban J connectivity index is 1.49. The largest absolute Gasteiger partial charge is 0.442 e. The van der Waals surface area contributed by atoms with Crippen LogP contribution in [0.15, 0.2) is 33.3 Å². The van der Waals surface area contributed by atoms with Gasteiger partial charge in [-0.3, -0.25) is 14.4 Å². The molecule has 2 aromatic heterocycles. The van der Waals surface area contributed by atoms with Gasteiger partial charge < -0.3 is 34.2 Å². The number of nitrogens with zero attached hydrogens (tertiary/aromatic N) is 4. The molecule has 6 rings (SSSR count). The summed E-state index contributed by atoms with van der Waals surface area (Å²) >= 11 is 0. The van der Waals surface area contributed by atoms with Crippen molar-refractivity contribution in [3.8, 4) is 17.7 Å². The number of hydrogen-bond donors (Lipinski definition) is 3. The van der Waals surface area contributed by atoms with Gasteiger partial charge in [0, 0.05) is 19.5 Å². The Morgan fingerprint density at radius 3 is 2.64 bits per heavy atom. The van der Waals surface area contributed by atoms with Gasteiger partial charge in [-0.2, -0.15) is 5.26 Å². The molecule has 4 heterocycles. The number of carbonyl (C=O) groups excluding carboxylic acids is 3. The van der Waals surface area contributed by atoms with E-state index in [1.54, 1.807) is 18.7 Å². The minimum absolute atomic E-state index is 0.0208. The quantitative estimate of drug-likeness (QED) is 0.373. The van der Waals surface area contributed by atoms with E-state index in [0.29, 0.717) is 50.3 Å². The average molecular weight is 645 g/mol. The Morgan fingerprint density at radius 2 is 1.96 bits per heavy atom. The lowest BCUT2D eigenvalue weighted by atomic mass is 9.79. The molecule has 0 saturated carbocycles. The second kappa shape index (κ2) is 12.2. The summed E-state index contributed by atoms with van der Waals surface area (Å²) in [5.41, 5.74) is 0.721.